The predicted molar refractivity (Wildman–Crippen MR) is 222 cm³/mol. The number of esters is 2. The minimum absolute atomic E-state index is 0.0488. The maximum atomic E-state index is 13.4. The molecule has 0 atom stereocenters. The summed E-state index contributed by atoms with van der Waals surface area (Å²) in [4.78, 5) is 71.0. The third kappa shape index (κ3) is 16.7. The number of benzene rings is 4. The molecule has 28 heteroatoms. The Morgan fingerprint density at radius 2 is 0.948 bits per heavy atom. The molecule has 58 heavy (non-hydrogen) atoms. The summed E-state index contributed by atoms with van der Waals surface area (Å²) < 4.78 is 62.7. The molecule has 0 saturated heterocycles. The molecule has 0 aliphatic rings. The average molecular weight is 1310 g/mol. The van der Waals surface area contributed by atoms with E-state index < -0.39 is 115 Å². The van der Waals surface area contributed by atoms with Crippen LogP contribution in [0.3, 0.4) is 0 Å². The van der Waals surface area contributed by atoms with Crippen LogP contribution in [0.25, 0.3) is 0 Å². The first-order chi connectivity index (χ1) is 26.9. The van der Waals surface area contributed by atoms with Crippen LogP contribution in [0.1, 0.15) is 41.4 Å². The molecule has 0 saturated carbocycles. The van der Waals surface area contributed by atoms with Gasteiger partial charge in [0, 0.05) is 28.9 Å². The van der Waals surface area contributed by atoms with E-state index in [0.717, 1.165) is 43.5 Å². The zero-order valence-corrected chi connectivity index (χ0v) is 39.1. The quantitative estimate of drug-likeness (QED) is 0.0298. The van der Waals surface area contributed by atoms with Crippen molar-refractivity contribution in [2.45, 2.75) is 0 Å². The van der Waals surface area contributed by atoms with Crippen LogP contribution >= 0.6 is 85.6 Å². The zero-order valence-electron chi connectivity index (χ0n) is 28.3. The molecule has 18 nitrogen and oxygen atoms in total. The SMILES string of the molecule is COC(=O)c1cc(I)cc(N)c1F.COC(=O)c1cc(I)cc([N+](=O)[O-])c1F.O=C(O)c1cc(I)cc([N+](=O)[O-])c1F.O=C(O)c1cccc([N+](=O)[O-])c1F.[Cl][Sn][Cl]. The molecular weight excluding hydrogens is 1290 g/mol. The van der Waals surface area contributed by atoms with E-state index in [9.17, 15) is 67.1 Å². The summed E-state index contributed by atoms with van der Waals surface area (Å²) >= 11 is 4.55. The van der Waals surface area contributed by atoms with E-state index in [1.165, 1.54) is 25.3 Å². The molecule has 310 valence electrons. The molecule has 0 aromatic heterocycles. The summed E-state index contributed by atoms with van der Waals surface area (Å²) in [7, 11) is 12.1. The second-order valence-corrected chi connectivity index (χ2v) is 17.5. The van der Waals surface area contributed by atoms with Crippen LogP contribution in [0.5, 0.6) is 0 Å². The van der Waals surface area contributed by atoms with Gasteiger partial charge in [0.1, 0.15) is 16.7 Å². The van der Waals surface area contributed by atoms with E-state index in [0.29, 0.717) is 10.7 Å². The van der Waals surface area contributed by atoms with Crippen molar-refractivity contribution in [2.24, 2.45) is 0 Å². The molecule has 0 fully saturated rings. The van der Waals surface area contributed by atoms with Gasteiger partial charge in [-0.3, -0.25) is 30.3 Å². The van der Waals surface area contributed by atoms with Crippen LogP contribution in [0.4, 0.5) is 40.3 Å². The Bertz CT molecular complexity index is 2160. The van der Waals surface area contributed by atoms with Gasteiger partial charge < -0.3 is 25.4 Å². The number of carbonyl (C=O) groups excluding carboxylic acids is 2. The number of carboxylic acids is 2. The van der Waals surface area contributed by atoms with Crippen molar-refractivity contribution in [2.75, 3.05) is 20.0 Å². The van der Waals surface area contributed by atoms with Gasteiger partial charge in [-0.15, -0.1) is 0 Å². The van der Waals surface area contributed by atoms with Gasteiger partial charge in [-0.1, -0.05) is 6.07 Å². The summed E-state index contributed by atoms with van der Waals surface area (Å²) in [5.74, 6) is -9.25. The van der Waals surface area contributed by atoms with Crippen LogP contribution in [0, 0.1) is 64.3 Å². The van der Waals surface area contributed by atoms with Crippen molar-refractivity contribution in [3.8, 4) is 0 Å². The van der Waals surface area contributed by atoms with E-state index >= 15 is 0 Å². The molecule has 0 spiro atoms. The van der Waals surface area contributed by atoms with E-state index in [1.54, 1.807) is 45.2 Å². The van der Waals surface area contributed by atoms with Crippen LogP contribution in [-0.2, 0) is 9.47 Å². The number of rotatable bonds is 7. The van der Waals surface area contributed by atoms with E-state index in [4.69, 9.17) is 33.8 Å². The monoisotopic (exact) mass is 1310 g/mol. The van der Waals surface area contributed by atoms with Crippen molar-refractivity contribution >= 4 is 151 Å². The molecule has 2 radical (unpaired) electrons. The molecule has 0 amide bonds. The summed E-state index contributed by atoms with van der Waals surface area (Å²) in [5, 5.41) is 47.9. The fraction of sp³-hybridized carbons (Fsp3) is 0.0667. The molecule has 4 rings (SSSR count). The molecule has 4 N–H and O–H groups in total. The van der Waals surface area contributed by atoms with Gasteiger partial charge in [-0.25, -0.2) is 23.6 Å². The first-order valence-corrected chi connectivity index (χ1v) is 24.4. The summed E-state index contributed by atoms with van der Waals surface area (Å²) in [6, 6.07) is 10.1. The Morgan fingerprint density at radius 3 is 1.31 bits per heavy atom. The van der Waals surface area contributed by atoms with Crippen molar-refractivity contribution in [3.05, 3.63) is 141 Å². The van der Waals surface area contributed by atoms with Crippen molar-refractivity contribution in [1.29, 1.82) is 0 Å². The van der Waals surface area contributed by atoms with E-state index in [2.05, 4.69) is 9.47 Å². The standard InChI is InChI=1S/C8H5FINO4.C8H7FINO2.C7H3FINO4.C7H4FNO4.2ClH.Sn/c1-15-8(12)5-2-4(10)3-6(7(5)9)11(13)14;1-13-8(12)5-2-4(10)3-6(11)7(5)9;8-6-4(7(11)12)1-3(9)2-5(6)10(13)14;8-6-4(7(10)11)2-1-3-5(6)9(12)13;;;/h2-3H,1H3;2-3H,11H2,1H3;1-2H,(H,11,12);1-3H,(H,10,11);2*1H;/q;;;;;;+2/p-2. The van der Waals surface area contributed by atoms with Crippen LogP contribution in [0.2, 0.25) is 0 Å². The Hall–Kier alpha value is -3.95. The van der Waals surface area contributed by atoms with Gasteiger partial charge in [0.05, 0.1) is 40.2 Å². The maximum absolute atomic E-state index is 13.4. The zero-order chi connectivity index (χ0) is 45.2. The molecule has 0 unspecified atom stereocenters. The third-order valence-corrected chi connectivity index (χ3v) is 7.81. The van der Waals surface area contributed by atoms with Crippen LogP contribution in [-0.4, -0.2) is 82.0 Å². The first-order valence-electron chi connectivity index (χ1n) is 14.0. The number of carbonyl (C=O) groups is 4. The number of anilines is 1. The van der Waals surface area contributed by atoms with Gasteiger partial charge in [0.2, 0.25) is 17.5 Å². The average Bonchev–Trinajstić information content (AvgIpc) is 3.14. The second kappa shape index (κ2) is 26.2. The number of methoxy groups -OCH3 is 2. The first kappa shape index (κ1) is 54.0. The molecular formula is C30H19Cl2F4I3N4O14Sn. The fourth-order valence-corrected chi connectivity index (χ4v) is 5.38. The molecule has 0 bridgehead atoms. The van der Waals surface area contributed by atoms with Crippen molar-refractivity contribution < 1.29 is 71.2 Å². The topological polar surface area (TPSA) is 283 Å². The Labute approximate surface area is 379 Å². The number of hydrogen-bond donors (Lipinski definition) is 3. The molecule has 0 aliphatic heterocycles. The molecule has 0 heterocycles. The number of nitro groups is 3. The second-order valence-electron chi connectivity index (χ2n) is 9.50. The number of ether oxygens (including phenoxy) is 2. The van der Waals surface area contributed by atoms with Crippen LogP contribution < -0.4 is 5.73 Å². The number of carboxylic acid groups (broad SMARTS) is 2. The van der Waals surface area contributed by atoms with Gasteiger partial charge in [0.15, 0.2) is 5.82 Å². The molecule has 0 aliphatic carbocycles. The van der Waals surface area contributed by atoms with Gasteiger partial charge in [-0.2, -0.15) is 13.2 Å². The predicted octanol–water partition coefficient (Wildman–Crippen LogP) is 8.39. The van der Waals surface area contributed by atoms with Crippen LogP contribution in [0.15, 0.2) is 54.6 Å². The number of nitrogens with zero attached hydrogens (tertiary/aromatic N) is 3. The molecule has 4 aromatic carbocycles. The Kier molecular flexibility index (Phi) is 24.4. The normalized spacial score (nSPS) is 9.57. The minimum atomic E-state index is -1.53. The third-order valence-electron chi connectivity index (χ3n) is 5.94. The number of halogens is 9. The van der Waals surface area contributed by atoms with Crippen molar-refractivity contribution in [3.63, 3.8) is 0 Å². The van der Waals surface area contributed by atoms with Crippen molar-refractivity contribution in [1.82, 2.24) is 0 Å². The molecule has 4 aromatic rings. The summed E-state index contributed by atoms with van der Waals surface area (Å²) in [5.41, 5.74) is 0.928. The number of nitrogens with two attached hydrogens (primary N) is 1. The Balaban J connectivity index is 0.000000730. The summed E-state index contributed by atoms with van der Waals surface area (Å²) in [6.07, 6.45) is 0. The number of aromatic carboxylic acids is 2. The van der Waals surface area contributed by atoms with E-state index in [-0.39, 0.29) is 11.3 Å². The fourth-order valence-electron chi connectivity index (χ4n) is 3.52. The van der Waals surface area contributed by atoms with Gasteiger partial charge >= 0.3 is 77.7 Å². The number of nitrogen functional groups attached to an aromatic ring is 1. The number of hydrogen-bond acceptors (Lipinski definition) is 13. The number of nitro benzene ring substituents is 3. The van der Waals surface area contributed by atoms with Gasteiger partial charge in [0.25, 0.3) is 0 Å². The summed E-state index contributed by atoms with van der Waals surface area (Å²) in [6.45, 7) is 0. The van der Waals surface area contributed by atoms with Gasteiger partial charge in [-0.05, 0) is 98.1 Å². The van der Waals surface area contributed by atoms with E-state index in [1.807, 2.05) is 22.6 Å². The Morgan fingerprint density at radius 1 is 0.621 bits per heavy atom.